The summed E-state index contributed by atoms with van der Waals surface area (Å²) in [7, 11) is 0. The Morgan fingerprint density at radius 2 is 1.86 bits per heavy atom. The molecule has 0 spiro atoms. The third-order valence-corrected chi connectivity index (χ3v) is 5.69. The van der Waals surface area contributed by atoms with Crippen molar-refractivity contribution in [1.29, 1.82) is 0 Å². The number of aromatic nitrogens is 2. The fourth-order valence-electron chi connectivity index (χ4n) is 3.93. The van der Waals surface area contributed by atoms with Crippen molar-refractivity contribution < 1.29 is 13.9 Å². The van der Waals surface area contributed by atoms with Crippen LogP contribution >= 0.6 is 0 Å². The van der Waals surface area contributed by atoms with E-state index in [1.807, 2.05) is 22.9 Å². The van der Waals surface area contributed by atoms with Crippen molar-refractivity contribution in [3.8, 4) is 0 Å². The zero-order chi connectivity index (χ0) is 21.2. The lowest BCUT2D eigenvalue weighted by atomic mass is 9.74. The summed E-state index contributed by atoms with van der Waals surface area (Å²) in [4.78, 5) is 13.0. The number of nitrogens with one attached hydrogen (secondary N) is 1. The Morgan fingerprint density at radius 3 is 2.38 bits per heavy atom. The molecule has 1 aliphatic rings. The molecular formula is C23H32FN3O2. The molecule has 0 radical (unpaired) electrons. The van der Waals surface area contributed by atoms with Gasteiger partial charge in [0.2, 0.25) is 0 Å². The second-order valence-corrected chi connectivity index (χ2v) is 9.27. The molecule has 2 heterocycles. The largest absolute Gasteiger partial charge is 0.381 e. The summed E-state index contributed by atoms with van der Waals surface area (Å²) in [6.45, 7) is 12.2. The van der Waals surface area contributed by atoms with E-state index in [-0.39, 0.29) is 28.6 Å². The average Bonchev–Trinajstić information content (AvgIpc) is 3.14. The molecule has 5 nitrogen and oxygen atoms in total. The van der Waals surface area contributed by atoms with E-state index in [9.17, 15) is 9.18 Å². The minimum atomic E-state index is -0.256. The van der Waals surface area contributed by atoms with Gasteiger partial charge in [-0.15, -0.1) is 0 Å². The molecule has 0 atom stereocenters. The Labute approximate surface area is 172 Å². The first-order valence-electron chi connectivity index (χ1n) is 10.3. The van der Waals surface area contributed by atoms with Gasteiger partial charge in [0, 0.05) is 30.9 Å². The number of rotatable bonds is 5. The molecule has 6 heteroatoms. The van der Waals surface area contributed by atoms with Crippen molar-refractivity contribution in [2.75, 3.05) is 19.8 Å². The molecule has 1 aliphatic heterocycles. The zero-order valence-corrected chi connectivity index (χ0v) is 18.1. The van der Waals surface area contributed by atoms with Gasteiger partial charge in [0.05, 0.1) is 5.54 Å². The van der Waals surface area contributed by atoms with Crippen LogP contribution in [0, 0.1) is 5.82 Å². The molecule has 1 aromatic carbocycles. The Morgan fingerprint density at radius 1 is 1.24 bits per heavy atom. The Bertz CT molecular complexity index is 844. The van der Waals surface area contributed by atoms with Gasteiger partial charge in [-0.1, -0.05) is 26.0 Å². The highest BCUT2D eigenvalue weighted by Crippen LogP contribution is 2.34. The predicted molar refractivity (Wildman–Crippen MR) is 112 cm³/mol. The van der Waals surface area contributed by atoms with Crippen LogP contribution in [0.4, 0.5) is 4.39 Å². The number of benzene rings is 1. The quantitative estimate of drug-likeness (QED) is 0.809. The molecule has 1 aromatic heterocycles. The van der Waals surface area contributed by atoms with Gasteiger partial charge < -0.3 is 10.1 Å². The van der Waals surface area contributed by atoms with E-state index in [0.717, 1.165) is 24.1 Å². The first kappa shape index (κ1) is 21.5. The standard InChI is InChI=1S/C23H32FN3O2/c1-16(2)20-14-19(26-27(20)22(3,4)5)21(28)25-15-23(10-12-29-13-11-23)17-6-8-18(24)9-7-17/h6-9,14,16H,10-13,15H2,1-5H3,(H,25,28). The molecular weight excluding hydrogens is 369 g/mol. The molecule has 158 valence electrons. The van der Waals surface area contributed by atoms with Gasteiger partial charge in [0.15, 0.2) is 0 Å². The highest BCUT2D eigenvalue weighted by molar-refractivity contribution is 5.92. The normalized spacial score (nSPS) is 16.8. The van der Waals surface area contributed by atoms with Crippen molar-refractivity contribution in [3.63, 3.8) is 0 Å². The van der Waals surface area contributed by atoms with Crippen molar-refractivity contribution in [1.82, 2.24) is 15.1 Å². The zero-order valence-electron chi connectivity index (χ0n) is 18.1. The van der Waals surface area contributed by atoms with Crippen LogP contribution in [0.15, 0.2) is 30.3 Å². The van der Waals surface area contributed by atoms with Crippen LogP contribution < -0.4 is 5.32 Å². The number of halogens is 1. The molecule has 2 aromatic rings. The van der Waals surface area contributed by atoms with Crippen LogP contribution in [0.2, 0.25) is 0 Å². The molecule has 1 fully saturated rings. The van der Waals surface area contributed by atoms with Crippen molar-refractivity contribution in [3.05, 3.63) is 53.1 Å². The number of hydrogen-bond donors (Lipinski definition) is 1. The van der Waals surface area contributed by atoms with E-state index in [0.29, 0.717) is 25.5 Å². The lowest BCUT2D eigenvalue weighted by Gasteiger charge is -2.37. The summed E-state index contributed by atoms with van der Waals surface area (Å²) >= 11 is 0. The van der Waals surface area contributed by atoms with Crippen LogP contribution in [0.3, 0.4) is 0 Å². The van der Waals surface area contributed by atoms with Gasteiger partial charge in [0.1, 0.15) is 11.5 Å². The molecule has 3 rings (SSSR count). The van der Waals surface area contributed by atoms with Crippen molar-refractivity contribution in [2.45, 2.75) is 64.3 Å². The number of hydrogen-bond acceptors (Lipinski definition) is 3. The Hall–Kier alpha value is -2.21. The highest BCUT2D eigenvalue weighted by atomic mass is 19.1. The summed E-state index contributed by atoms with van der Waals surface area (Å²) in [5, 5.41) is 7.69. The third kappa shape index (κ3) is 4.69. The first-order chi connectivity index (χ1) is 13.6. The maximum absolute atomic E-state index is 13.4. The highest BCUT2D eigenvalue weighted by Gasteiger charge is 2.35. The van der Waals surface area contributed by atoms with Gasteiger partial charge in [0.25, 0.3) is 5.91 Å². The lowest BCUT2D eigenvalue weighted by Crippen LogP contribution is -2.44. The summed E-state index contributed by atoms with van der Waals surface area (Å²) in [6, 6.07) is 8.48. The van der Waals surface area contributed by atoms with Gasteiger partial charge in [-0.2, -0.15) is 5.10 Å². The van der Waals surface area contributed by atoms with Gasteiger partial charge >= 0.3 is 0 Å². The smallest absolute Gasteiger partial charge is 0.271 e. The SMILES string of the molecule is CC(C)c1cc(C(=O)NCC2(c3ccc(F)cc3)CCOCC2)nn1C(C)(C)C. The van der Waals surface area contributed by atoms with Crippen molar-refractivity contribution >= 4 is 5.91 Å². The van der Waals surface area contributed by atoms with Gasteiger partial charge in [-0.3, -0.25) is 9.48 Å². The third-order valence-electron chi connectivity index (χ3n) is 5.69. The van der Waals surface area contributed by atoms with Crippen LogP contribution in [-0.4, -0.2) is 35.4 Å². The van der Waals surface area contributed by atoms with E-state index < -0.39 is 0 Å². The summed E-state index contributed by atoms with van der Waals surface area (Å²) in [6.07, 6.45) is 1.57. The maximum Gasteiger partial charge on any atom is 0.271 e. The summed E-state index contributed by atoms with van der Waals surface area (Å²) in [5.41, 5.74) is 2.06. The molecule has 1 amide bonds. The monoisotopic (exact) mass is 401 g/mol. The lowest BCUT2D eigenvalue weighted by molar-refractivity contribution is 0.0486. The fourth-order valence-corrected chi connectivity index (χ4v) is 3.93. The number of nitrogens with zero attached hydrogens (tertiary/aromatic N) is 2. The first-order valence-corrected chi connectivity index (χ1v) is 10.3. The molecule has 0 saturated carbocycles. The van der Waals surface area contributed by atoms with Gasteiger partial charge in [-0.05, 0) is 63.3 Å². The van der Waals surface area contributed by atoms with E-state index in [4.69, 9.17) is 4.74 Å². The topological polar surface area (TPSA) is 56.1 Å². The van der Waals surface area contributed by atoms with Crippen LogP contribution in [0.5, 0.6) is 0 Å². The van der Waals surface area contributed by atoms with E-state index >= 15 is 0 Å². The minimum Gasteiger partial charge on any atom is -0.381 e. The predicted octanol–water partition coefficient (Wildman–Crippen LogP) is 4.38. The fraction of sp³-hybridized carbons (Fsp3) is 0.565. The van der Waals surface area contributed by atoms with Crippen LogP contribution in [0.25, 0.3) is 0 Å². The minimum absolute atomic E-state index is 0.178. The molecule has 0 aliphatic carbocycles. The van der Waals surface area contributed by atoms with Crippen molar-refractivity contribution in [2.24, 2.45) is 0 Å². The second-order valence-electron chi connectivity index (χ2n) is 9.27. The summed E-state index contributed by atoms with van der Waals surface area (Å²) in [5.74, 6) is -0.166. The van der Waals surface area contributed by atoms with E-state index in [1.165, 1.54) is 12.1 Å². The summed E-state index contributed by atoms with van der Waals surface area (Å²) < 4.78 is 20.9. The number of amides is 1. The molecule has 1 saturated heterocycles. The van der Waals surface area contributed by atoms with E-state index in [2.05, 4.69) is 45.0 Å². The Kier molecular flexibility index (Phi) is 6.13. The molecule has 0 bridgehead atoms. The number of carbonyl (C=O) groups excluding carboxylic acids is 1. The molecule has 1 N–H and O–H groups in total. The Balaban J connectivity index is 1.81. The van der Waals surface area contributed by atoms with Crippen LogP contribution in [-0.2, 0) is 15.7 Å². The van der Waals surface area contributed by atoms with Crippen LogP contribution in [0.1, 0.15) is 75.1 Å². The molecule has 29 heavy (non-hydrogen) atoms. The number of ether oxygens (including phenoxy) is 1. The van der Waals surface area contributed by atoms with E-state index in [1.54, 1.807) is 0 Å². The maximum atomic E-state index is 13.4. The second kappa shape index (κ2) is 8.27. The molecule has 0 unspecified atom stereocenters. The average molecular weight is 402 g/mol. The number of carbonyl (C=O) groups is 1. The van der Waals surface area contributed by atoms with Gasteiger partial charge in [-0.25, -0.2) is 4.39 Å².